The molecule has 0 aliphatic heterocycles. The van der Waals surface area contributed by atoms with E-state index in [0.29, 0.717) is 6.42 Å². The van der Waals surface area contributed by atoms with Gasteiger partial charge in [-0.3, -0.25) is 4.79 Å². The van der Waals surface area contributed by atoms with Gasteiger partial charge in [0.05, 0.1) is 6.16 Å². The summed E-state index contributed by atoms with van der Waals surface area (Å²) in [6.07, 6.45) is 2.16. The molecule has 0 aromatic heterocycles. The fourth-order valence-corrected chi connectivity index (χ4v) is 8.08. The van der Waals surface area contributed by atoms with Crippen LogP contribution in [0.2, 0.25) is 0 Å². The Balaban J connectivity index is 0.00000320. The Labute approximate surface area is 191 Å². The maximum Gasteiger partial charge on any atom is 0.306 e. The van der Waals surface area contributed by atoms with E-state index in [1.165, 1.54) is 15.9 Å². The Morgan fingerprint density at radius 1 is 0.733 bits per heavy atom. The van der Waals surface area contributed by atoms with Crippen LogP contribution in [0.1, 0.15) is 33.6 Å². The summed E-state index contributed by atoms with van der Waals surface area (Å²) < 4.78 is 5.54. The van der Waals surface area contributed by atoms with E-state index in [4.69, 9.17) is 4.74 Å². The molecule has 2 nitrogen and oxygen atoms in total. The van der Waals surface area contributed by atoms with E-state index in [2.05, 4.69) is 91.0 Å². The first-order valence-electron chi connectivity index (χ1n) is 10.2. The number of carbonyl (C=O) groups excluding carboxylic acids is 1. The summed E-state index contributed by atoms with van der Waals surface area (Å²) in [7, 11) is -1.87. The summed E-state index contributed by atoms with van der Waals surface area (Å²) in [5, 5.41) is 4.05. The standard InChI is InChI=1S/C26H30O2P.BrH/c1-26(2,3)28-25(27)20-13-21-29(22-14-7-4-8-15-22,23-16-9-5-10-17-23)24-18-11-6-12-19-24;/h4-12,14-19H,13,20-21H2,1-3H3;1H/q+1;. The molecule has 0 aliphatic rings. The second-order valence-electron chi connectivity index (χ2n) is 8.23. The van der Waals surface area contributed by atoms with Gasteiger partial charge in [-0.1, -0.05) is 54.6 Å². The van der Waals surface area contributed by atoms with Gasteiger partial charge in [-0.05, 0) is 63.6 Å². The summed E-state index contributed by atoms with van der Waals surface area (Å²) in [5.41, 5.74) is -0.443. The quantitative estimate of drug-likeness (QED) is 0.317. The van der Waals surface area contributed by atoms with Gasteiger partial charge in [-0.2, -0.15) is 0 Å². The fraction of sp³-hybridized carbons (Fsp3) is 0.269. The van der Waals surface area contributed by atoms with Gasteiger partial charge < -0.3 is 4.74 Å². The minimum absolute atomic E-state index is 0. The molecule has 0 bridgehead atoms. The first kappa shape index (κ1) is 24.3. The SMILES string of the molecule is Br.CC(C)(C)OC(=O)CCC[P+](c1ccccc1)(c1ccccc1)c1ccccc1. The third-order valence-electron chi connectivity index (χ3n) is 4.89. The van der Waals surface area contributed by atoms with Gasteiger partial charge in [-0.15, -0.1) is 17.0 Å². The van der Waals surface area contributed by atoms with E-state index in [1.54, 1.807) is 0 Å². The maximum atomic E-state index is 12.3. The lowest BCUT2D eigenvalue weighted by Crippen LogP contribution is -2.33. The average Bonchev–Trinajstić information content (AvgIpc) is 2.72. The van der Waals surface area contributed by atoms with Gasteiger partial charge >= 0.3 is 5.97 Å². The van der Waals surface area contributed by atoms with Crippen molar-refractivity contribution in [2.24, 2.45) is 0 Å². The van der Waals surface area contributed by atoms with Crippen LogP contribution < -0.4 is 15.9 Å². The third kappa shape index (κ3) is 6.03. The second-order valence-corrected chi connectivity index (χ2v) is 11.8. The van der Waals surface area contributed by atoms with Crippen LogP contribution in [0.5, 0.6) is 0 Å². The number of hydrogen-bond donors (Lipinski definition) is 0. The number of esters is 1. The molecule has 0 radical (unpaired) electrons. The topological polar surface area (TPSA) is 26.3 Å². The number of benzene rings is 3. The molecular formula is C26H31BrO2P+. The van der Waals surface area contributed by atoms with E-state index in [9.17, 15) is 4.79 Å². The van der Waals surface area contributed by atoms with Crippen LogP contribution in [0.15, 0.2) is 91.0 Å². The molecular weight excluding hydrogens is 455 g/mol. The highest BCUT2D eigenvalue weighted by Crippen LogP contribution is 2.55. The Morgan fingerprint density at radius 2 is 1.10 bits per heavy atom. The lowest BCUT2D eigenvalue weighted by Gasteiger charge is -2.28. The van der Waals surface area contributed by atoms with Gasteiger partial charge in [0.15, 0.2) is 0 Å². The molecule has 0 atom stereocenters. The fourth-order valence-electron chi connectivity index (χ4n) is 3.74. The summed E-state index contributed by atoms with van der Waals surface area (Å²) in [5.74, 6) is -0.121. The van der Waals surface area contributed by atoms with Gasteiger partial charge in [-0.25, -0.2) is 0 Å². The lowest BCUT2D eigenvalue weighted by molar-refractivity contribution is -0.154. The monoisotopic (exact) mass is 485 g/mol. The van der Waals surface area contributed by atoms with Crippen LogP contribution >= 0.6 is 24.2 Å². The molecule has 0 aliphatic carbocycles. The van der Waals surface area contributed by atoms with Gasteiger partial charge in [0.25, 0.3) is 0 Å². The van der Waals surface area contributed by atoms with Crippen molar-refractivity contribution in [3.63, 3.8) is 0 Å². The minimum atomic E-state index is -1.87. The molecule has 3 rings (SSSR count). The third-order valence-corrected chi connectivity index (χ3v) is 9.41. The van der Waals surface area contributed by atoms with Crippen LogP contribution in [0.25, 0.3) is 0 Å². The van der Waals surface area contributed by atoms with E-state index < -0.39 is 12.9 Å². The van der Waals surface area contributed by atoms with Crippen molar-refractivity contribution in [1.29, 1.82) is 0 Å². The Bertz CT molecular complexity index is 809. The molecule has 0 unspecified atom stereocenters. The molecule has 0 spiro atoms. The van der Waals surface area contributed by atoms with Crippen molar-refractivity contribution in [3.05, 3.63) is 91.0 Å². The Morgan fingerprint density at radius 3 is 1.43 bits per heavy atom. The summed E-state index contributed by atoms with van der Waals surface area (Å²) in [4.78, 5) is 12.3. The maximum absolute atomic E-state index is 12.3. The van der Waals surface area contributed by atoms with Gasteiger partial charge in [0.2, 0.25) is 0 Å². The zero-order valence-electron chi connectivity index (χ0n) is 18.0. The van der Waals surface area contributed by atoms with Crippen LogP contribution in [-0.4, -0.2) is 17.7 Å². The minimum Gasteiger partial charge on any atom is -0.460 e. The lowest BCUT2D eigenvalue weighted by atomic mass is 10.2. The first-order chi connectivity index (χ1) is 13.9. The summed E-state index contributed by atoms with van der Waals surface area (Å²) >= 11 is 0. The molecule has 30 heavy (non-hydrogen) atoms. The zero-order chi connectivity index (χ0) is 20.7. The molecule has 0 amide bonds. The van der Waals surface area contributed by atoms with Crippen molar-refractivity contribution in [2.45, 2.75) is 39.2 Å². The van der Waals surface area contributed by atoms with Crippen molar-refractivity contribution in [3.8, 4) is 0 Å². The molecule has 3 aromatic rings. The van der Waals surface area contributed by atoms with Crippen molar-refractivity contribution < 1.29 is 9.53 Å². The smallest absolute Gasteiger partial charge is 0.306 e. The molecule has 3 aromatic carbocycles. The average molecular weight is 486 g/mol. The number of ether oxygens (including phenoxy) is 1. The predicted octanol–water partition coefficient (Wildman–Crippen LogP) is 5.68. The van der Waals surface area contributed by atoms with Crippen LogP contribution in [0.3, 0.4) is 0 Å². The number of carbonyl (C=O) groups is 1. The highest BCUT2D eigenvalue weighted by Gasteiger charge is 2.44. The molecule has 0 saturated carbocycles. The van der Waals surface area contributed by atoms with Gasteiger partial charge in [0.1, 0.15) is 28.8 Å². The first-order valence-corrected chi connectivity index (χ1v) is 12.2. The molecule has 0 heterocycles. The van der Waals surface area contributed by atoms with Crippen LogP contribution in [0, 0.1) is 0 Å². The van der Waals surface area contributed by atoms with E-state index in [1.807, 2.05) is 20.8 Å². The highest BCUT2D eigenvalue weighted by atomic mass is 79.9. The Kier molecular flexibility index (Phi) is 8.82. The largest absolute Gasteiger partial charge is 0.460 e. The van der Waals surface area contributed by atoms with E-state index in [0.717, 1.165) is 12.6 Å². The second kappa shape index (κ2) is 10.9. The Hall–Kier alpha value is -1.96. The van der Waals surface area contributed by atoms with Crippen molar-refractivity contribution in [2.75, 3.05) is 6.16 Å². The summed E-state index contributed by atoms with van der Waals surface area (Å²) in [6.45, 7) is 5.75. The molecule has 4 heteroatoms. The normalized spacial score (nSPS) is 11.4. The van der Waals surface area contributed by atoms with Crippen molar-refractivity contribution in [1.82, 2.24) is 0 Å². The number of rotatable bonds is 7. The molecule has 0 saturated heterocycles. The van der Waals surface area contributed by atoms with E-state index >= 15 is 0 Å². The molecule has 0 N–H and O–H groups in total. The van der Waals surface area contributed by atoms with Crippen LogP contribution in [0.4, 0.5) is 0 Å². The molecule has 0 fully saturated rings. The van der Waals surface area contributed by atoms with E-state index in [-0.39, 0.29) is 23.0 Å². The number of halogens is 1. The predicted molar refractivity (Wildman–Crippen MR) is 135 cm³/mol. The zero-order valence-corrected chi connectivity index (χ0v) is 20.6. The highest BCUT2D eigenvalue weighted by molar-refractivity contribution is 8.93. The number of hydrogen-bond acceptors (Lipinski definition) is 2. The van der Waals surface area contributed by atoms with Crippen LogP contribution in [-0.2, 0) is 9.53 Å². The van der Waals surface area contributed by atoms with Crippen molar-refractivity contribution >= 4 is 46.1 Å². The molecule has 158 valence electrons. The van der Waals surface area contributed by atoms with Gasteiger partial charge in [0, 0.05) is 6.42 Å². The summed E-state index contributed by atoms with van der Waals surface area (Å²) in [6, 6.07) is 32.3.